The number of nitrogens with zero attached hydrogens (tertiary/aromatic N) is 3. The first-order valence-electron chi connectivity index (χ1n) is 7.38. The van der Waals surface area contributed by atoms with Crippen LogP contribution in [0.2, 0.25) is 0 Å². The van der Waals surface area contributed by atoms with Crippen LogP contribution in [-0.2, 0) is 4.74 Å². The number of hydrogen-bond acceptors (Lipinski definition) is 5. The highest BCUT2D eigenvalue weighted by Crippen LogP contribution is 2.28. The van der Waals surface area contributed by atoms with E-state index in [9.17, 15) is 4.79 Å². The Kier molecular flexibility index (Phi) is 3.64. The molecule has 7 heteroatoms. The van der Waals surface area contributed by atoms with E-state index >= 15 is 0 Å². The van der Waals surface area contributed by atoms with Gasteiger partial charge in [0.25, 0.3) is 0 Å². The summed E-state index contributed by atoms with van der Waals surface area (Å²) in [6.45, 7) is 6.76. The fourth-order valence-electron chi connectivity index (χ4n) is 2.43. The third-order valence-electron chi connectivity index (χ3n) is 3.47. The van der Waals surface area contributed by atoms with E-state index in [4.69, 9.17) is 9.26 Å². The normalized spacial score (nSPS) is 18.7. The van der Waals surface area contributed by atoms with Crippen molar-refractivity contribution in [2.24, 2.45) is 0 Å². The molecule has 0 aromatic carbocycles. The molecule has 1 unspecified atom stereocenters. The summed E-state index contributed by atoms with van der Waals surface area (Å²) in [5, 5.41) is 3.98. The molecule has 0 saturated carbocycles. The largest absolute Gasteiger partial charge is 0.444 e. The molecule has 3 heterocycles. The molecule has 7 nitrogen and oxygen atoms in total. The highest BCUT2D eigenvalue weighted by Gasteiger charge is 2.33. The predicted octanol–water partition coefficient (Wildman–Crippen LogP) is 2.79. The van der Waals surface area contributed by atoms with E-state index < -0.39 is 5.60 Å². The van der Waals surface area contributed by atoms with Crippen molar-refractivity contribution in [3.8, 4) is 11.5 Å². The van der Waals surface area contributed by atoms with Crippen LogP contribution in [0.1, 0.15) is 39.0 Å². The van der Waals surface area contributed by atoms with Gasteiger partial charge < -0.3 is 19.1 Å². The predicted molar refractivity (Wildman–Crippen MR) is 79.2 cm³/mol. The summed E-state index contributed by atoms with van der Waals surface area (Å²) in [4.78, 5) is 21.2. The second kappa shape index (κ2) is 5.47. The van der Waals surface area contributed by atoms with Crippen LogP contribution in [0.15, 0.2) is 22.9 Å². The van der Waals surface area contributed by atoms with Crippen molar-refractivity contribution in [3.63, 3.8) is 0 Å². The standard InChI is InChI=1S/C15H20N4O3/c1-15(2,3)21-14(20)19-8-6-10(9-19)13-17-12(18-22-13)11-5-4-7-16-11/h4-5,7,10,16H,6,8-9H2,1-3H3. The molecule has 22 heavy (non-hydrogen) atoms. The third kappa shape index (κ3) is 3.13. The summed E-state index contributed by atoms with van der Waals surface area (Å²) in [6.07, 6.45) is 2.32. The first-order chi connectivity index (χ1) is 10.4. The summed E-state index contributed by atoms with van der Waals surface area (Å²) in [5.74, 6) is 1.16. The maximum atomic E-state index is 12.1. The minimum absolute atomic E-state index is 0.0590. The fourth-order valence-corrected chi connectivity index (χ4v) is 2.43. The first kappa shape index (κ1) is 14.6. The Balaban J connectivity index is 1.64. The summed E-state index contributed by atoms with van der Waals surface area (Å²) in [5.41, 5.74) is 0.331. The molecule has 0 aliphatic carbocycles. The van der Waals surface area contributed by atoms with Gasteiger partial charge in [0.05, 0.1) is 11.6 Å². The lowest BCUT2D eigenvalue weighted by atomic mass is 10.1. The molecule has 1 aliphatic heterocycles. The smallest absolute Gasteiger partial charge is 0.410 e. The third-order valence-corrected chi connectivity index (χ3v) is 3.47. The molecule has 118 valence electrons. The Morgan fingerprint density at radius 2 is 2.32 bits per heavy atom. The maximum absolute atomic E-state index is 12.1. The molecule has 1 saturated heterocycles. The highest BCUT2D eigenvalue weighted by atomic mass is 16.6. The lowest BCUT2D eigenvalue weighted by Gasteiger charge is -2.24. The molecule has 2 aromatic heterocycles. The molecule has 2 aromatic rings. The van der Waals surface area contributed by atoms with Crippen LogP contribution >= 0.6 is 0 Å². The van der Waals surface area contributed by atoms with Gasteiger partial charge in [0.15, 0.2) is 0 Å². The van der Waals surface area contributed by atoms with E-state index in [1.54, 1.807) is 4.90 Å². The van der Waals surface area contributed by atoms with Gasteiger partial charge in [-0.15, -0.1) is 0 Å². The average molecular weight is 304 g/mol. The number of aromatic nitrogens is 3. The lowest BCUT2D eigenvalue weighted by Crippen LogP contribution is -2.35. The second-order valence-electron chi connectivity index (χ2n) is 6.45. The van der Waals surface area contributed by atoms with Gasteiger partial charge in [-0.3, -0.25) is 0 Å². The van der Waals surface area contributed by atoms with Crippen LogP contribution in [0.25, 0.3) is 11.5 Å². The van der Waals surface area contributed by atoms with E-state index in [1.165, 1.54) is 0 Å². The van der Waals surface area contributed by atoms with E-state index in [-0.39, 0.29) is 12.0 Å². The monoisotopic (exact) mass is 304 g/mol. The van der Waals surface area contributed by atoms with Crippen LogP contribution in [0.3, 0.4) is 0 Å². The van der Waals surface area contributed by atoms with Crippen molar-refractivity contribution in [2.45, 2.75) is 38.7 Å². The summed E-state index contributed by atoms with van der Waals surface area (Å²) >= 11 is 0. The number of aromatic amines is 1. The number of hydrogen-bond donors (Lipinski definition) is 1. The average Bonchev–Trinajstić information content (AvgIpc) is 3.18. The number of H-pyrrole nitrogens is 1. The van der Waals surface area contributed by atoms with E-state index in [0.29, 0.717) is 24.8 Å². The lowest BCUT2D eigenvalue weighted by molar-refractivity contribution is 0.0291. The minimum Gasteiger partial charge on any atom is -0.444 e. The van der Waals surface area contributed by atoms with Crippen molar-refractivity contribution in [1.82, 2.24) is 20.0 Å². The number of amides is 1. The number of carbonyl (C=O) groups excluding carboxylic acids is 1. The molecule has 0 radical (unpaired) electrons. The number of ether oxygens (including phenoxy) is 1. The summed E-state index contributed by atoms with van der Waals surface area (Å²) < 4.78 is 10.7. The maximum Gasteiger partial charge on any atom is 0.410 e. The quantitative estimate of drug-likeness (QED) is 0.922. The van der Waals surface area contributed by atoms with Crippen LogP contribution in [-0.4, -0.2) is 44.8 Å². The van der Waals surface area contributed by atoms with Gasteiger partial charge in [0, 0.05) is 19.3 Å². The molecule has 1 N–H and O–H groups in total. The fraction of sp³-hybridized carbons (Fsp3) is 0.533. The molecule has 1 fully saturated rings. The number of rotatable bonds is 2. The zero-order valence-corrected chi connectivity index (χ0v) is 13.0. The molecule has 0 bridgehead atoms. The summed E-state index contributed by atoms with van der Waals surface area (Å²) in [7, 11) is 0. The van der Waals surface area contributed by atoms with Crippen LogP contribution in [0, 0.1) is 0 Å². The van der Waals surface area contributed by atoms with E-state index in [2.05, 4.69) is 15.1 Å². The van der Waals surface area contributed by atoms with Crippen molar-refractivity contribution < 1.29 is 14.1 Å². The number of nitrogens with one attached hydrogen (secondary N) is 1. The second-order valence-corrected chi connectivity index (χ2v) is 6.45. The van der Waals surface area contributed by atoms with Crippen LogP contribution < -0.4 is 0 Å². The zero-order valence-electron chi connectivity index (χ0n) is 13.0. The molecule has 1 aliphatic rings. The van der Waals surface area contributed by atoms with Gasteiger partial charge in [-0.25, -0.2) is 4.79 Å². The van der Waals surface area contributed by atoms with Crippen molar-refractivity contribution in [3.05, 3.63) is 24.2 Å². The topological polar surface area (TPSA) is 84.2 Å². The van der Waals surface area contributed by atoms with Gasteiger partial charge in [-0.05, 0) is 39.3 Å². The summed E-state index contributed by atoms with van der Waals surface area (Å²) in [6, 6.07) is 3.77. The first-order valence-corrected chi connectivity index (χ1v) is 7.38. The van der Waals surface area contributed by atoms with E-state index in [0.717, 1.165) is 12.1 Å². The van der Waals surface area contributed by atoms with Crippen LogP contribution in [0.4, 0.5) is 4.79 Å². The van der Waals surface area contributed by atoms with E-state index in [1.807, 2.05) is 39.1 Å². The number of carbonyl (C=O) groups is 1. The van der Waals surface area contributed by atoms with Gasteiger partial charge in [-0.1, -0.05) is 5.16 Å². The Bertz CT molecular complexity index is 642. The SMILES string of the molecule is CC(C)(C)OC(=O)N1CCC(c2nc(-c3ccc[nH]3)no2)C1. The number of likely N-dealkylation sites (tertiary alicyclic amines) is 1. The highest BCUT2D eigenvalue weighted by molar-refractivity contribution is 5.68. The van der Waals surface area contributed by atoms with Crippen molar-refractivity contribution >= 4 is 6.09 Å². The van der Waals surface area contributed by atoms with Crippen molar-refractivity contribution in [1.29, 1.82) is 0 Å². The van der Waals surface area contributed by atoms with Gasteiger partial charge >= 0.3 is 6.09 Å². The molecular formula is C15H20N4O3. The van der Waals surface area contributed by atoms with Crippen LogP contribution in [0.5, 0.6) is 0 Å². The van der Waals surface area contributed by atoms with Gasteiger partial charge in [0.2, 0.25) is 11.7 Å². The Hall–Kier alpha value is -2.31. The molecular weight excluding hydrogens is 284 g/mol. The Labute approximate surface area is 128 Å². The molecule has 1 atom stereocenters. The zero-order chi connectivity index (χ0) is 15.7. The minimum atomic E-state index is -0.486. The Morgan fingerprint density at radius 1 is 1.50 bits per heavy atom. The van der Waals surface area contributed by atoms with Crippen molar-refractivity contribution in [2.75, 3.05) is 13.1 Å². The molecule has 1 amide bonds. The van der Waals surface area contributed by atoms with Gasteiger partial charge in [-0.2, -0.15) is 4.98 Å². The van der Waals surface area contributed by atoms with Gasteiger partial charge in [0.1, 0.15) is 5.60 Å². The molecule has 0 spiro atoms. The Morgan fingerprint density at radius 3 is 3.00 bits per heavy atom. The molecule has 3 rings (SSSR count).